The SMILES string of the molecule is c1cc(-n2c3ccccc3c3ccccc32)cc(-n2c3ccc(-c4cccs4)cc3c3ncccc32)c1. The Morgan fingerprint density at radius 2 is 1.19 bits per heavy atom. The summed E-state index contributed by atoms with van der Waals surface area (Å²) >= 11 is 1.77. The highest BCUT2D eigenvalue weighted by Crippen LogP contribution is 2.36. The highest BCUT2D eigenvalue weighted by atomic mass is 32.1. The topological polar surface area (TPSA) is 22.8 Å². The van der Waals surface area contributed by atoms with E-state index in [1.807, 2.05) is 12.3 Å². The smallest absolute Gasteiger partial charge is 0.0963 e. The van der Waals surface area contributed by atoms with Gasteiger partial charge in [0, 0.05) is 38.6 Å². The van der Waals surface area contributed by atoms with Crippen molar-refractivity contribution in [3.63, 3.8) is 0 Å². The molecule has 0 aliphatic heterocycles. The molecule has 174 valence electrons. The number of rotatable bonds is 3. The normalized spacial score (nSPS) is 11.8. The van der Waals surface area contributed by atoms with Gasteiger partial charge in [0.15, 0.2) is 0 Å². The van der Waals surface area contributed by atoms with E-state index in [4.69, 9.17) is 4.98 Å². The van der Waals surface area contributed by atoms with Gasteiger partial charge in [-0.15, -0.1) is 11.3 Å². The quantitative estimate of drug-likeness (QED) is 0.242. The van der Waals surface area contributed by atoms with Crippen LogP contribution in [0.15, 0.2) is 127 Å². The molecule has 4 aromatic heterocycles. The van der Waals surface area contributed by atoms with Crippen molar-refractivity contribution in [3.8, 4) is 21.8 Å². The van der Waals surface area contributed by atoms with E-state index in [-0.39, 0.29) is 0 Å². The van der Waals surface area contributed by atoms with Gasteiger partial charge in [-0.05, 0) is 71.6 Å². The maximum Gasteiger partial charge on any atom is 0.0963 e. The van der Waals surface area contributed by atoms with Gasteiger partial charge in [-0.3, -0.25) is 4.98 Å². The van der Waals surface area contributed by atoms with Crippen LogP contribution in [0.2, 0.25) is 0 Å². The number of thiophene rings is 1. The van der Waals surface area contributed by atoms with Crippen molar-refractivity contribution in [1.82, 2.24) is 14.1 Å². The van der Waals surface area contributed by atoms with E-state index in [2.05, 4.69) is 124 Å². The van der Waals surface area contributed by atoms with Gasteiger partial charge in [0.2, 0.25) is 0 Å². The number of hydrogen-bond acceptors (Lipinski definition) is 2. The number of benzene rings is 4. The average molecular weight is 492 g/mol. The molecule has 0 atom stereocenters. The maximum absolute atomic E-state index is 4.81. The largest absolute Gasteiger partial charge is 0.309 e. The van der Waals surface area contributed by atoms with Crippen LogP contribution in [-0.4, -0.2) is 14.1 Å². The minimum Gasteiger partial charge on any atom is -0.309 e. The van der Waals surface area contributed by atoms with Gasteiger partial charge in [-0.25, -0.2) is 0 Å². The zero-order chi connectivity index (χ0) is 24.3. The summed E-state index contributed by atoms with van der Waals surface area (Å²) in [7, 11) is 0. The molecule has 4 heterocycles. The lowest BCUT2D eigenvalue weighted by Gasteiger charge is -2.12. The Labute approximate surface area is 217 Å². The fraction of sp³-hybridized carbons (Fsp3) is 0. The van der Waals surface area contributed by atoms with Crippen LogP contribution in [0, 0.1) is 0 Å². The Bertz CT molecular complexity index is 2040. The van der Waals surface area contributed by atoms with Crippen LogP contribution in [0.4, 0.5) is 0 Å². The molecule has 8 aromatic rings. The highest BCUT2D eigenvalue weighted by Gasteiger charge is 2.16. The van der Waals surface area contributed by atoms with E-state index in [1.54, 1.807) is 11.3 Å². The molecule has 0 aliphatic rings. The molecule has 4 heteroatoms. The Balaban J connectivity index is 1.40. The molecule has 0 unspecified atom stereocenters. The molecular formula is C33H21N3S. The lowest BCUT2D eigenvalue weighted by atomic mass is 10.1. The summed E-state index contributed by atoms with van der Waals surface area (Å²) in [6.07, 6.45) is 1.89. The van der Waals surface area contributed by atoms with E-state index in [9.17, 15) is 0 Å². The Hall–Kier alpha value is -4.67. The van der Waals surface area contributed by atoms with Crippen LogP contribution in [-0.2, 0) is 0 Å². The summed E-state index contributed by atoms with van der Waals surface area (Å²) < 4.78 is 4.71. The lowest BCUT2D eigenvalue weighted by molar-refractivity contribution is 1.13. The fourth-order valence-corrected chi connectivity index (χ4v) is 6.41. The second-order valence-corrected chi connectivity index (χ2v) is 10.3. The van der Waals surface area contributed by atoms with E-state index in [0.29, 0.717) is 0 Å². The number of para-hydroxylation sites is 2. The molecule has 0 saturated carbocycles. The van der Waals surface area contributed by atoms with E-state index >= 15 is 0 Å². The molecule has 0 spiro atoms. The van der Waals surface area contributed by atoms with Crippen molar-refractivity contribution >= 4 is 55.1 Å². The first-order valence-electron chi connectivity index (χ1n) is 12.4. The van der Waals surface area contributed by atoms with Crippen LogP contribution >= 0.6 is 11.3 Å². The Morgan fingerprint density at radius 1 is 0.514 bits per heavy atom. The van der Waals surface area contributed by atoms with Crippen LogP contribution in [0.1, 0.15) is 0 Å². The van der Waals surface area contributed by atoms with Crippen LogP contribution in [0.3, 0.4) is 0 Å². The zero-order valence-electron chi connectivity index (χ0n) is 19.9. The van der Waals surface area contributed by atoms with E-state index < -0.39 is 0 Å². The van der Waals surface area contributed by atoms with Gasteiger partial charge >= 0.3 is 0 Å². The Kier molecular flexibility index (Phi) is 4.39. The van der Waals surface area contributed by atoms with Crippen molar-refractivity contribution in [2.24, 2.45) is 0 Å². The molecule has 0 amide bonds. The third-order valence-corrected chi connectivity index (χ3v) is 8.17. The zero-order valence-corrected chi connectivity index (χ0v) is 20.7. The predicted octanol–water partition coefficient (Wildman–Crippen LogP) is 9.00. The van der Waals surface area contributed by atoms with Gasteiger partial charge < -0.3 is 9.13 Å². The van der Waals surface area contributed by atoms with Gasteiger partial charge in [0.25, 0.3) is 0 Å². The van der Waals surface area contributed by atoms with Gasteiger partial charge in [0.1, 0.15) is 0 Å². The standard InChI is InChI=1S/C33H21N3S/c1-3-12-28-25(10-1)26-11-2-4-13-29(26)35(28)23-8-5-9-24(21-23)36-30-17-16-22(32-15-7-19-37-32)20-27(30)33-31(36)14-6-18-34-33/h1-21H. The second-order valence-electron chi connectivity index (χ2n) is 9.31. The number of pyridine rings is 1. The minimum absolute atomic E-state index is 1.03. The summed E-state index contributed by atoms with van der Waals surface area (Å²) in [4.78, 5) is 6.08. The molecule has 0 aliphatic carbocycles. The molecule has 37 heavy (non-hydrogen) atoms. The van der Waals surface area contributed by atoms with Crippen molar-refractivity contribution in [2.45, 2.75) is 0 Å². The second kappa shape index (κ2) is 7.92. The number of hydrogen-bond donors (Lipinski definition) is 0. The van der Waals surface area contributed by atoms with Crippen LogP contribution in [0.5, 0.6) is 0 Å². The first-order chi connectivity index (χ1) is 18.4. The summed E-state index contributed by atoms with van der Waals surface area (Å²) in [5.41, 5.74) is 9.22. The van der Waals surface area contributed by atoms with Gasteiger partial charge in [-0.1, -0.05) is 54.6 Å². The molecule has 0 N–H and O–H groups in total. The third-order valence-electron chi connectivity index (χ3n) is 7.25. The predicted molar refractivity (Wildman–Crippen MR) is 156 cm³/mol. The summed E-state index contributed by atoms with van der Waals surface area (Å²) in [5, 5.41) is 5.83. The summed E-state index contributed by atoms with van der Waals surface area (Å²) in [6.45, 7) is 0. The molecule has 0 saturated heterocycles. The number of fused-ring (bicyclic) bond motifs is 6. The molecule has 0 fully saturated rings. The molecule has 0 bridgehead atoms. The molecule has 8 rings (SSSR count). The maximum atomic E-state index is 4.81. The lowest BCUT2D eigenvalue weighted by Crippen LogP contribution is -1.98. The third kappa shape index (κ3) is 3.03. The van der Waals surface area contributed by atoms with Crippen LogP contribution < -0.4 is 0 Å². The monoisotopic (exact) mass is 491 g/mol. The first kappa shape index (κ1) is 20.5. The summed E-state index contributed by atoms with van der Waals surface area (Å²) in [6, 6.07) is 41.3. The van der Waals surface area contributed by atoms with Gasteiger partial charge in [0.05, 0.1) is 27.6 Å². The van der Waals surface area contributed by atoms with Crippen molar-refractivity contribution < 1.29 is 0 Å². The van der Waals surface area contributed by atoms with Crippen LogP contribution in [0.25, 0.3) is 65.6 Å². The number of nitrogens with zero attached hydrogens (tertiary/aromatic N) is 3. The van der Waals surface area contributed by atoms with E-state index in [0.717, 1.165) is 27.9 Å². The molecule has 0 radical (unpaired) electrons. The fourth-order valence-electron chi connectivity index (χ4n) is 5.68. The Morgan fingerprint density at radius 3 is 1.92 bits per heavy atom. The molecule has 4 aromatic carbocycles. The molecule has 3 nitrogen and oxygen atoms in total. The average Bonchev–Trinajstić information content (AvgIpc) is 3.68. The molecular weight excluding hydrogens is 470 g/mol. The number of aromatic nitrogens is 3. The highest BCUT2D eigenvalue weighted by molar-refractivity contribution is 7.13. The summed E-state index contributed by atoms with van der Waals surface area (Å²) in [5.74, 6) is 0. The first-order valence-corrected chi connectivity index (χ1v) is 13.3. The van der Waals surface area contributed by atoms with Crippen molar-refractivity contribution in [3.05, 3.63) is 127 Å². The van der Waals surface area contributed by atoms with Crippen molar-refractivity contribution in [1.29, 1.82) is 0 Å². The minimum atomic E-state index is 1.03. The van der Waals surface area contributed by atoms with E-state index in [1.165, 1.54) is 37.6 Å². The van der Waals surface area contributed by atoms with Gasteiger partial charge in [-0.2, -0.15) is 0 Å². The van der Waals surface area contributed by atoms with Crippen molar-refractivity contribution in [2.75, 3.05) is 0 Å².